The second kappa shape index (κ2) is 6.45. The highest BCUT2D eigenvalue weighted by molar-refractivity contribution is 9.10. The molecule has 7 heteroatoms. The number of furan rings is 1. The number of rotatable bonds is 4. The lowest BCUT2D eigenvalue weighted by Crippen LogP contribution is -2.16. The van der Waals surface area contributed by atoms with E-state index >= 15 is 0 Å². The van der Waals surface area contributed by atoms with E-state index in [-0.39, 0.29) is 11.5 Å². The Morgan fingerprint density at radius 3 is 2.86 bits per heavy atom. The SMILES string of the molecule is COc1cc(C=NNC(=O)c2ccc(C)o2)cc(Br)c1O. The second-order valence-electron chi connectivity index (χ2n) is 4.16. The van der Waals surface area contributed by atoms with Crippen molar-refractivity contribution in [3.8, 4) is 11.5 Å². The van der Waals surface area contributed by atoms with Crippen LogP contribution in [-0.4, -0.2) is 24.3 Å². The Labute approximate surface area is 129 Å². The number of amides is 1. The van der Waals surface area contributed by atoms with Crippen LogP contribution in [0.2, 0.25) is 0 Å². The maximum Gasteiger partial charge on any atom is 0.307 e. The monoisotopic (exact) mass is 352 g/mol. The van der Waals surface area contributed by atoms with Gasteiger partial charge in [-0.25, -0.2) is 5.43 Å². The van der Waals surface area contributed by atoms with Crippen molar-refractivity contribution < 1.29 is 19.1 Å². The Balaban J connectivity index is 2.08. The van der Waals surface area contributed by atoms with E-state index in [0.29, 0.717) is 21.5 Å². The first-order valence-corrected chi connectivity index (χ1v) is 6.77. The Hall–Kier alpha value is -2.28. The molecule has 2 aromatic rings. The van der Waals surface area contributed by atoms with E-state index in [4.69, 9.17) is 9.15 Å². The topological polar surface area (TPSA) is 84.1 Å². The van der Waals surface area contributed by atoms with Gasteiger partial charge in [0.2, 0.25) is 0 Å². The number of hydrazone groups is 1. The summed E-state index contributed by atoms with van der Waals surface area (Å²) in [6.07, 6.45) is 1.43. The number of hydrogen-bond acceptors (Lipinski definition) is 5. The lowest BCUT2D eigenvalue weighted by atomic mass is 10.2. The molecule has 1 heterocycles. The number of benzene rings is 1. The van der Waals surface area contributed by atoms with Gasteiger partial charge in [-0.2, -0.15) is 5.10 Å². The molecule has 0 fully saturated rings. The average Bonchev–Trinajstić information content (AvgIpc) is 2.89. The first-order chi connectivity index (χ1) is 10.0. The van der Waals surface area contributed by atoms with Crippen LogP contribution in [0.25, 0.3) is 0 Å². The number of phenols is 1. The zero-order chi connectivity index (χ0) is 15.4. The lowest BCUT2D eigenvalue weighted by Gasteiger charge is -2.06. The van der Waals surface area contributed by atoms with Crippen LogP contribution < -0.4 is 10.2 Å². The van der Waals surface area contributed by atoms with Crippen LogP contribution in [0.4, 0.5) is 0 Å². The van der Waals surface area contributed by atoms with E-state index in [2.05, 4.69) is 26.5 Å². The van der Waals surface area contributed by atoms with Gasteiger partial charge in [-0.15, -0.1) is 0 Å². The number of aromatic hydroxyl groups is 1. The molecular formula is C14H13BrN2O4. The van der Waals surface area contributed by atoms with Crippen LogP contribution in [0.3, 0.4) is 0 Å². The molecule has 0 aliphatic rings. The molecule has 0 aliphatic heterocycles. The van der Waals surface area contributed by atoms with Crippen LogP contribution >= 0.6 is 15.9 Å². The van der Waals surface area contributed by atoms with Gasteiger partial charge in [0.15, 0.2) is 17.3 Å². The molecule has 2 rings (SSSR count). The molecule has 0 saturated heterocycles. The molecular weight excluding hydrogens is 340 g/mol. The van der Waals surface area contributed by atoms with Crippen molar-refractivity contribution in [1.29, 1.82) is 0 Å². The molecule has 6 nitrogen and oxygen atoms in total. The summed E-state index contributed by atoms with van der Waals surface area (Å²) in [6, 6.07) is 6.50. The van der Waals surface area contributed by atoms with Crippen molar-refractivity contribution in [1.82, 2.24) is 5.43 Å². The molecule has 2 N–H and O–H groups in total. The molecule has 110 valence electrons. The van der Waals surface area contributed by atoms with Crippen molar-refractivity contribution in [2.45, 2.75) is 6.92 Å². The van der Waals surface area contributed by atoms with Gasteiger partial charge in [-0.1, -0.05) is 0 Å². The zero-order valence-corrected chi connectivity index (χ0v) is 13.0. The predicted octanol–water partition coefficient (Wildman–Crippen LogP) is 2.83. The summed E-state index contributed by atoms with van der Waals surface area (Å²) in [4.78, 5) is 11.7. The van der Waals surface area contributed by atoms with E-state index in [1.807, 2.05) is 0 Å². The van der Waals surface area contributed by atoms with Crippen molar-refractivity contribution in [2.24, 2.45) is 5.10 Å². The molecule has 0 saturated carbocycles. The number of carbonyl (C=O) groups excluding carboxylic acids is 1. The minimum Gasteiger partial charge on any atom is -0.503 e. The summed E-state index contributed by atoms with van der Waals surface area (Å²) in [6.45, 7) is 1.75. The highest BCUT2D eigenvalue weighted by Gasteiger charge is 2.09. The van der Waals surface area contributed by atoms with E-state index in [9.17, 15) is 9.90 Å². The maximum atomic E-state index is 11.7. The maximum absolute atomic E-state index is 11.7. The Morgan fingerprint density at radius 2 is 2.24 bits per heavy atom. The third-order valence-corrected chi connectivity index (χ3v) is 3.22. The summed E-state index contributed by atoms with van der Waals surface area (Å²) in [5, 5.41) is 13.5. The number of hydrogen-bond donors (Lipinski definition) is 2. The van der Waals surface area contributed by atoms with Crippen LogP contribution in [0.1, 0.15) is 21.9 Å². The summed E-state index contributed by atoms with van der Waals surface area (Å²) in [7, 11) is 1.45. The van der Waals surface area contributed by atoms with Crippen molar-refractivity contribution in [3.05, 3.63) is 45.8 Å². The first-order valence-electron chi connectivity index (χ1n) is 5.97. The van der Waals surface area contributed by atoms with Crippen LogP contribution in [0.5, 0.6) is 11.5 Å². The normalized spacial score (nSPS) is 10.8. The van der Waals surface area contributed by atoms with E-state index < -0.39 is 5.91 Å². The molecule has 1 aromatic heterocycles. The number of carbonyl (C=O) groups is 1. The number of methoxy groups -OCH3 is 1. The molecule has 1 aromatic carbocycles. The van der Waals surface area contributed by atoms with Crippen molar-refractivity contribution >= 4 is 28.1 Å². The third-order valence-electron chi connectivity index (χ3n) is 2.61. The molecule has 0 aliphatic carbocycles. The van der Waals surface area contributed by atoms with Crippen LogP contribution in [0.15, 0.2) is 38.3 Å². The van der Waals surface area contributed by atoms with Crippen molar-refractivity contribution in [2.75, 3.05) is 7.11 Å². The van der Waals surface area contributed by atoms with Gasteiger partial charge in [-0.05, 0) is 52.7 Å². The lowest BCUT2D eigenvalue weighted by molar-refractivity contribution is 0.0926. The first kappa shape index (κ1) is 15.1. The summed E-state index contributed by atoms with van der Waals surface area (Å²) in [5.41, 5.74) is 3.00. The minimum atomic E-state index is -0.441. The highest BCUT2D eigenvalue weighted by Crippen LogP contribution is 2.34. The number of nitrogens with one attached hydrogen (secondary N) is 1. The fourth-order valence-electron chi connectivity index (χ4n) is 1.60. The van der Waals surface area contributed by atoms with Crippen LogP contribution in [0, 0.1) is 6.92 Å². The number of halogens is 1. The zero-order valence-electron chi connectivity index (χ0n) is 11.4. The molecule has 0 spiro atoms. The fraction of sp³-hybridized carbons (Fsp3) is 0.143. The third kappa shape index (κ3) is 3.63. The molecule has 0 radical (unpaired) electrons. The standard InChI is InChI=1S/C14H13BrN2O4/c1-8-3-4-11(21-8)14(19)17-16-7-9-5-10(15)13(18)12(6-9)20-2/h3-7,18H,1-2H3,(H,17,19). The highest BCUT2D eigenvalue weighted by atomic mass is 79.9. The van der Waals surface area contributed by atoms with Gasteiger partial charge < -0.3 is 14.3 Å². The molecule has 21 heavy (non-hydrogen) atoms. The van der Waals surface area contributed by atoms with Gasteiger partial charge in [0.1, 0.15) is 5.76 Å². The van der Waals surface area contributed by atoms with Gasteiger partial charge >= 0.3 is 5.91 Å². The molecule has 0 atom stereocenters. The predicted molar refractivity (Wildman–Crippen MR) is 80.9 cm³/mol. The van der Waals surface area contributed by atoms with Gasteiger partial charge in [0, 0.05) is 0 Å². The molecule has 0 bridgehead atoms. The number of nitrogens with zero attached hydrogens (tertiary/aromatic N) is 1. The molecule has 1 amide bonds. The summed E-state index contributed by atoms with van der Waals surface area (Å²) in [5.74, 6) is 0.707. The van der Waals surface area contributed by atoms with Gasteiger partial charge in [0.05, 0.1) is 17.8 Å². The second-order valence-corrected chi connectivity index (χ2v) is 5.02. The number of ether oxygens (including phenoxy) is 1. The quantitative estimate of drug-likeness (QED) is 0.654. The minimum absolute atomic E-state index is 0.00439. The summed E-state index contributed by atoms with van der Waals surface area (Å²) < 4.78 is 10.7. The average molecular weight is 353 g/mol. The number of aryl methyl sites for hydroxylation is 1. The Morgan fingerprint density at radius 1 is 1.48 bits per heavy atom. The largest absolute Gasteiger partial charge is 0.503 e. The van der Waals surface area contributed by atoms with E-state index in [0.717, 1.165) is 0 Å². The number of phenolic OH excluding ortho intramolecular Hbond substituents is 1. The van der Waals surface area contributed by atoms with Gasteiger partial charge in [0.25, 0.3) is 0 Å². The van der Waals surface area contributed by atoms with Gasteiger partial charge in [-0.3, -0.25) is 4.79 Å². The summed E-state index contributed by atoms with van der Waals surface area (Å²) >= 11 is 3.20. The van der Waals surface area contributed by atoms with Crippen LogP contribution in [-0.2, 0) is 0 Å². The molecule has 0 unspecified atom stereocenters. The van der Waals surface area contributed by atoms with E-state index in [1.54, 1.807) is 31.2 Å². The fourth-order valence-corrected chi connectivity index (χ4v) is 2.06. The Kier molecular flexibility index (Phi) is 4.64. The van der Waals surface area contributed by atoms with E-state index in [1.165, 1.54) is 13.3 Å². The smallest absolute Gasteiger partial charge is 0.307 e. The Bertz CT molecular complexity index is 694. The van der Waals surface area contributed by atoms with Crippen molar-refractivity contribution in [3.63, 3.8) is 0 Å².